The van der Waals surface area contributed by atoms with Gasteiger partial charge in [0.2, 0.25) is 47.3 Å². The summed E-state index contributed by atoms with van der Waals surface area (Å²) in [6, 6.07) is -12.6. The molecule has 0 aliphatic heterocycles. The van der Waals surface area contributed by atoms with E-state index < -0.39 is 151 Å². The van der Waals surface area contributed by atoms with Crippen LogP contribution in [0.2, 0.25) is 0 Å². The quantitative estimate of drug-likeness (QED) is 0.0169. The second-order valence-corrected chi connectivity index (χ2v) is 15.7. The Labute approximate surface area is 390 Å². The minimum absolute atomic E-state index is 0.0391. The molecule has 30 heteroatoms. The van der Waals surface area contributed by atoms with Crippen LogP contribution in [-0.4, -0.2) is 172 Å². The zero-order valence-electron chi connectivity index (χ0n) is 38.4. The largest absolute Gasteiger partial charge is 0.481 e. The molecule has 0 spiro atoms. The zero-order chi connectivity index (χ0) is 52.4. The van der Waals surface area contributed by atoms with E-state index in [4.69, 9.17) is 33.8 Å². The average Bonchev–Trinajstić information content (AvgIpc) is 3.23. The van der Waals surface area contributed by atoms with Crippen molar-refractivity contribution in [2.24, 2.45) is 44.6 Å². The number of nitrogens with two attached hydrogens (primary N) is 5. The van der Waals surface area contributed by atoms with Gasteiger partial charge in [-0.3, -0.25) is 62.7 Å². The van der Waals surface area contributed by atoms with Crippen LogP contribution in [0, 0.1) is 5.92 Å². The molecule has 0 aromatic carbocycles. The monoisotopic (exact) mass is 973 g/mol. The number of aliphatic carboxylic acids is 3. The van der Waals surface area contributed by atoms with Gasteiger partial charge in [0.25, 0.3) is 0 Å². The van der Waals surface area contributed by atoms with Crippen LogP contribution in [0.3, 0.4) is 0 Å². The molecule has 0 aromatic heterocycles. The predicted molar refractivity (Wildman–Crippen MR) is 239 cm³/mol. The van der Waals surface area contributed by atoms with Crippen molar-refractivity contribution >= 4 is 77.1 Å². The van der Waals surface area contributed by atoms with Crippen molar-refractivity contribution in [3.05, 3.63) is 0 Å². The van der Waals surface area contributed by atoms with Gasteiger partial charge in [0, 0.05) is 19.5 Å². The molecule has 30 nitrogen and oxygen atoms in total. The maximum Gasteiger partial charge on any atom is 0.325 e. The van der Waals surface area contributed by atoms with E-state index in [1.807, 2.05) is 0 Å². The molecule has 0 saturated heterocycles. The van der Waals surface area contributed by atoms with Crippen LogP contribution in [0.25, 0.3) is 0 Å². The molecule has 0 aliphatic carbocycles. The number of carbonyl (C=O) groups is 11. The van der Waals surface area contributed by atoms with E-state index in [2.05, 4.69) is 52.5 Å². The minimum Gasteiger partial charge on any atom is -0.481 e. The number of hydrogen-bond acceptors (Lipinski definition) is 15. The Morgan fingerprint density at radius 3 is 1.31 bits per heavy atom. The Bertz CT molecular complexity index is 1860. The molecule has 0 unspecified atom stereocenters. The van der Waals surface area contributed by atoms with Crippen LogP contribution >= 0.6 is 0 Å². The average molecular weight is 974 g/mol. The first-order chi connectivity index (χ1) is 31.6. The fraction of sp³-hybridized carbons (Fsp3) is 0.658. The summed E-state index contributed by atoms with van der Waals surface area (Å²) in [6.07, 6.45) is -4.01. The van der Waals surface area contributed by atoms with Crippen molar-refractivity contribution in [3.63, 3.8) is 0 Å². The maximum absolute atomic E-state index is 13.8. The van der Waals surface area contributed by atoms with Crippen molar-refractivity contribution in [2.45, 2.75) is 134 Å². The number of aliphatic hydroxyl groups excluding tert-OH is 1. The number of guanidine groups is 2. The highest BCUT2D eigenvalue weighted by atomic mass is 16.4. The van der Waals surface area contributed by atoms with Crippen LogP contribution < -0.4 is 71.2 Å². The highest BCUT2D eigenvalue weighted by Gasteiger charge is 2.36. The highest BCUT2D eigenvalue weighted by Crippen LogP contribution is 2.09. The lowest BCUT2D eigenvalue weighted by Crippen LogP contribution is -2.61. The number of carboxylic acids is 3. The summed E-state index contributed by atoms with van der Waals surface area (Å²) in [5.74, 6) is -14.0. The number of nitrogens with one attached hydrogen (secondary N) is 8. The van der Waals surface area contributed by atoms with Gasteiger partial charge in [0.15, 0.2) is 11.9 Å². The van der Waals surface area contributed by atoms with E-state index in [-0.39, 0.29) is 50.7 Å². The van der Waals surface area contributed by atoms with Gasteiger partial charge in [-0.25, -0.2) is 0 Å². The molecule has 0 saturated carbocycles. The van der Waals surface area contributed by atoms with E-state index >= 15 is 0 Å². The van der Waals surface area contributed by atoms with Gasteiger partial charge in [0.1, 0.15) is 48.3 Å². The first-order valence-corrected chi connectivity index (χ1v) is 21.2. The summed E-state index contributed by atoms with van der Waals surface area (Å²) in [5, 5.41) is 56.6. The van der Waals surface area contributed by atoms with Crippen LogP contribution in [0.5, 0.6) is 0 Å². The second kappa shape index (κ2) is 30.8. The van der Waals surface area contributed by atoms with Crippen LogP contribution in [0.4, 0.5) is 0 Å². The molecule has 384 valence electrons. The summed E-state index contributed by atoms with van der Waals surface area (Å²) >= 11 is 0. The fourth-order valence-electron chi connectivity index (χ4n) is 5.74. The van der Waals surface area contributed by atoms with Crippen LogP contribution in [-0.2, 0) is 52.7 Å². The minimum atomic E-state index is -1.97. The van der Waals surface area contributed by atoms with Crippen LogP contribution in [0.1, 0.15) is 79.6 Å². The van der Waals surface area contributed by atoms with E-state index in [1.54, 1.807) is 0 Å². The van der Waals surface area contributed by atoms with Gasteiger partial charge in [-0.2, -0.15) is 0 Å². The van der Waals surface area contributed by atoms with Crippen molar-refractivity contribution in [3.8, 4) is 0 Å². The molecule has 68 heavy (non-hydrogen) atoms. The van der Waals surface area contributed by atoms with Crippen molar-refractivity contribution in [2.75, 3.05) is 19.6 Å². The summed E-state index contributed by atoms with van der Waals surface area (Å²) in [5.41, 5.74) is 26.9. The topological polar surface area (TPSA) is 520 Å². The predicted octanol–water partition coefficient (Wildman–Crippen LogP) is -7.57. The zero-order valence-corrected chi connectivity index (χ0v) is 38.4. The summed E-state index contributed by atoms with van der Waals surface area (Å²) in [7, 11) is 0. The molecule has 0 bridgehead atoms. The fourth-order valence-corrected chi connectivity index (χ4v) is 5.74. The van der Waals surface area contributed by atoms with Gasteiger partial charge in [0.05, 0.1) is 19.1 Å². The number of hydrogen-bond donors (Lipinski definition) is 17. The number of carboxylic acid groups (broad SMARTS) is 3. The van der Waals surface area contributed by atoms with Gasteiger partial charge in [-0.15, -0.1) is 0 Å². The van der Waals surface area contributed by atoms with Gasteiger partial charge < -0.3 is 91.6 Å². The smallest absolute Gasteiger partial charge is 0.325 e. The lowest BCUT2D eigenvalue weighted by molar-refractivity contribution is -0.143. The third-order valence-electron chi connectivity index (χ3n) is 9.44. The Morgan fingerprint density at radius 1 is 0.485 bits per heavy atom. The second-order valence-electron chi connectivity index (χ2n) is 15.7. The summed E-state index contributed by atoms with van der Waals surface area (Å²) < 4.78 is 0. The number of aliphatic hydroxyl groups is 1. The molecule has 0 aliphatic rings. The first kappa shape index (κ1) is 60.6. The highest BCUT2D eigenvalue weighted by molar-refractivity contribution is 5.99. The molecule has 8 amide bonds. The van der Waals surface area contributed by atoms with Crippen molar-refractivity contribution in [1.82, 2.24) is 42.5 Å². The van der Waals surface area contributed by atoms with Gasteiger partial charge >= 0.3 is 17.9 Å². The first-order valence-electron chi connectivity index (χ1n) is 21.2. The maximum atomic E-state index is 13.8. The Hall–Kier alpha value is -7.37. The molecule has 22 N–H and O–H groups in total. The van der Waals surface area contributed by atoms with Gasteiger partial charge in [-0.05, 0) is 58.8 Å². The lowest BCUT2D eigenvalue weighted by atomic mass is 10.0. The summed E-state index contributed by atoms with van der Waals surface area (Å²) in [6.45, 7) is 5.90. The number of rotatable bonds is 32. The summed E-state index contributed by atoms with van der Waals surface area (Å²) in [4.78, 5) is 148. The molecule has 9 atom stereocenters. The van der Waals surface area contributed by atoms with E-state index in [0.717, 1.165) is 13.8 Å². The van der Waals surface area contributed by atoms with Crippen molar-refractivity contribution < 1.29 is 73.2 Å². The van der Waals surface area contributed by atoms with Crippen molar-refractivity contribution in [1.29, 1.82) is 0 Å². The molecular weight excluding hydrogens is 907 g/mol. The molecular formula is C38H67N15O15. The Kier molecular flexibility index (Phi) is 27.4. The molecule has 0 aromatic rings. The Morgan fingerprint density at radius 2 is 0.897 bits per heavy atom. The SMILES string of the molecule is CC(C)[C@H](NC(=O)[C@H](CC(=O)O)NC(=O)[C@H](CCC(=O)O)NC(=O)[C@H](CCCN=C(N)N)NC(=O)[C@H](CCCN=C(N)N)NC(=O)CN)C(=O)N[C@@H](C)C(=O)N[C@H](C(=O)N[C@@H](C)C(=O)O)[C@@H](C)O. The van der Waals surface area contributed by atoms with E-state index in [9.17, 15) is 68.1 Å². The number of amides is 8. The molecule has 0 fully saturated rings. The lowest BCUT2D eigenvalue weighted by Gasteiger charge is -2.28. The van der Waals surface area contributed by atoms with Gasteiger partial charge in [-0.1, -0.05) is 13.8 Å². The third kappa shape index (κ3) is 24.2. The molecule has 0 heterocycles. The number of nitrogens with zero attached hydrogens (tertiary/aromatic N) is 2. The third-order valence-corrected chi connectivity index (χ3v) is 9.44. The number of aliphatic imine (C=N–C) groups is 2. The molecule has 0 rings (SSSR count). The normalized spacial score (nSPS) is 14.8. The standard InChI is InChI=1S/C38H67N15O15/c1-16(2)27(34(65)46-17(3)29(60)53-28(19(5)54)35(66)47-18(4)36(67)68)52-33(64)23(14-26(58)59)51-32(63)22(10-11-25(56)57)50-31(62)21(9-7-13-45-38(42)43)49-30(61)20(48-24(55)15-39)8-6-12-44-37(40)41/h16-23,27-28,54H,6-15,39H2,1-5H3,(H,46,65)(H,47,66)(H,48,55)(H,49,61)(H,50,62)(H,51,63)(H,52,64)(H,53,60)(H,56,57)(H,58,59)(H,67,68)(H4,40,41,44)(H4,42,43,45)/t17-,18-,19+,20-,21-,22-,23-,27-,28-/m0/s1. The Balaban J connectivity index is 6.50. The van der Waals surface area contributed by atoms with E-state index in [0.29, 0.717) is 0 Å². The van der Waals surface area contributed by atoms with E-state index in [1.165, 1.54) is 20.8 Å². The van der Waals surface area contributed by atoms with Crippen LogP contribution in [0.15, 0.2) is 9.98 Å². The molecule has 0 radical (unpaired) electrons. The number of carbonyl (C=O) groups excluding carboxylic acids is 8.